The van der Waals surface area contributed by atoms with Gasteiger partial charge in [0.05, 0.1) is 5.52 Å². The maximum absolute atomic E-state index is 9.12. The van der Waals surface area contributed by atoms with Gasteiger partial charge in [0, 0.05) is 60.7 Å². The van der Waals surface area contributed by atoms with E-state index >= 15 is 0 Å². The Morgan fingerprint density at radius 1 is 0.800 bits per heavy atom. The van der Waals surface area contributed by atoms with Gasteiger partial charge < -0.3 is 9.88 Å². The van der Waals surface area contributed by atoms with E-state index in [1.165, 1.54) is 69.8 Å². The van der Waals surface area contributed by atoms with Crippen LogP contribution >= 0.6 is 11.3 Å². The zero-order chi connectivity index (χ0) is 30.9. The van der Waals surface area contributed by atoms with Gasteiger partial charge in [-0.25, -0.2) is 0 Å². The quantitative estimate of drug-likeness (QED) is 0.115. The highest BCUT2D eigenvalue weighted by Crippen LogP contribution is 2.50. The van der Waals surface area contributed by atoms with Crippen LogP contribution in [0.15, 0.2) is 115 Å². The van der Waals surface area contributed by atoms with E-state index < -0.39 is 0 Å². The zero-order valence-electron chi connectivity index (χ0n) is 26.0. The molecule has 5 aromatic carbocycles. The monoisotopic (exact) mass is 601 g/mol. The molecule has 2 heterocycles. The van der Waals surface area contributed by atoms with E-state index in [1.807, 2.05) is 18.4 Å². The minimum Gasteiger partial charge on any atom is -0.347 e. The highest BCUT2D eigenvalue weighted by Gasteiger charge is 2.35. The van der Waals surface area contributed by atoms with Crippen LogP contribution in [0.25, 0.3) is 64.2 Å². The standard InChI is InChI=1S/C41H35N3S/c1-5-6-7-12-21-43-40(42)31-24-36-37(29-14-9-11-16-35(29)45-36)38-30-22-25(18-20-34(30)44(4)39(31)38)26-17-19-28-27-13-8-10-15-32(27)41(2,3)33(28)23-26/h6-24H,5H2,1-4H3,(H2,42,43)/b7-6-,21-12-. The Labute approximate surface area is 267 Å². The number of fused-ring (bicyclic) bond motifs is 10. The number of allylic oxidation sites excluding steroid dienone is 3. The maximum atomic E-state index is 9.12. The van der Waals surface area contributed by atoms with Gasteiger partial charge in [-0.3, -0.25) is 5.41 Å². The van der Waals surface area contributed by atoms with Gasteiger partial charge in [0.2, 0.25) is 0 Å². The maximum Gasteiger partial charge on any atom is 0.131 e. The van der Waals surface area contributed by atoms with Crippen molar-refractivity contribution in [2.45, 2.75) is 32.6 Å². The summed E-state index contributed by atoms with van der Waals surface area (Å²) in [7, 11) is 2.14. The number of aryl methyl sites for hydroxylation is 1. The average Bonchev–Trinajstić information content (AvgIpc) is 3.65. The molecule has 0 spiro atoms. The molecule has 0 unspecified atom stereocenters. The molecule has 220 valence electrons. The van der Waals surface area contributed by atoms with E-state index in [2.05, 4.69) is 135 Å². The number of nitrogens with one attached hydrogen (secondary N) is 2. The first kappa shape index (κ1) is 27.6. The first-order valence-corrected chi connectivity index (χ1v) is 16.5. The molecule has 2 N–H and O–H groups in total. The molecule has 0 radical (unpaired) electrons. The predicted molar refractivity (Wildman–Crippen MR) is 195 cm³/mol. The molecular weight excluding hydrogens is 567 g/mol. The number of hydrogen-bond acceptors (Lipinski definition) is 2. The summed E-state index contributed by atoms with van der Waals surface area (Å²) in [5.41, 5.74) is 11.0. The van der Waals surface area contributed by atoms with E-state index in [0.717, 1.165) is 17.5 Å². The van der Waals surface area contributed by atoms with Crippen molar-refractivity contribution in [3.05, 3.63) is 132 Å². The number of thiophene rings is 1. The molecule has 1 aliphatic rings. The average molecular weight is 602 g/mol. The number of nitrogens with zero attached hydrogens (tertiary/aromatic N) is 1. The van der Waals surface area contributed by atoms with E-state index in [-0.39, 0.29) is 5.41 Å². The molecule has 2 aromatic heterocycles. The molecule has 0 atom stereocenters. The third-order valence-electron chi connectivity index (χ3n) is 9.60. The second-order valence-electron chi connectivity index (χ2n) is 12.6. The van der Waals surface area contributed by atoms with Crippen LogP contribution in [-0.4, -0.2) is 10.4 Å². The summed E-state index contributed by atoms with van der Waals surface area (Å²) in [6, 6.07) is 33.6. The van der Waals surface area contributed by atoms with Crippen LogP contribution in [0.4, 0.5) is 0 Å². The second-order valence-corrected chi connectivity index (χ2v) is 13.6. The van der Waals surface area contributed by atoms with Crippen LogP contribution in [0, 0.1) is 5.41 Å². The van der Waals surface area contributed by atoms with Crippen molar-refractivity contribution in [2.75, 3.05) is 0 Å². The number of hydrogen-bond donors (Lipinski definition) is 2. The number of benzene rings is 5. The third kappa shape index (κ3) is 4.13. The Bertz CT molecular complexity index is 2400. The largest absolute Gasteiger partial charge is 0.347 e. The van der Waals surface area contributed by atoms with Crippen molar-refractivity contribution < 1.29 is 0 Å². The zero-order valence-corrected chi connectivity index (χ0v) is 26.8. The summed E-state index contributed by atoms with van der Waals surface area (Å²) in [5.74, 6) is 0.395. The summed E-state index contributed by atoms with van der Waals surface area (Å²) in [4.78, 5) is 0. The summed E-state index contributed by atoms with van der Waals surface area (Å²) >= 11 is 1.81. The highest BCUT2D eigenvalue weighted by molar-refractivity contribution is 7.26. The summed E-state index contributed by atoms with van der Waals surface area (Å²) in [6.07, 6.45) is 8.91. The van der Waals surface area contributed by atoms with Gasteiger partial charge in [-0.1, -0.05) is 93.6 Å². The van der Waals surface area contributed by atoms with Gasteiger partial charge in [-0.15, -0.1) is 11.3 Å². The fourth-order valence-electron chi connectivity index (χ4n) is 7.37. The van der Waals surface area contributed by atoms with E-state index in [1.54, 1.807) is 11.3 Å². The normalized spacial score (nSPS) is 14.0. The number of aromatic nitrogens is 1. The lowest BCUT2D eigenvalue weighted by Gasteiger charge is -2.22. The van der Waals surface area contributed by atoms with Crippen LogP contribution in [0.1, 0.15) is 43.9 Å². The summed E-state index contributed by atoms with van der Waals surface area (Å²) < 4.78 is 4.74. The van der Waals surface area contributed by atoms with Crippen molar-refractivity contribution in [3.63, 3.8) is 0 Å². The summed E-state index contributed by atoms with van der Waals surface area (Å²) in [6.45, 7) is 6.80. The Morgan fingerprint density at radius 2 is 1.56 bits per heavy atom. The Balaban J connectivity index is 1.36. The lowest BCUT2D eigenvalue weighted by molar-refractivity contribution is 0.660. The number of rotatable bonds is 5. The molecule has 3 nitrogen and oxygen atoms in total. The molecule has 0 saturated carbocycles. The second kappa shape index (κ2) is 10.3. The van der Waals surface area contributed by atoms with Gasteiger partial charge in [0.15, 0.2) is 0 Å². The van der Waals surface area contributed by atoms with Gasteiger partial charge in [-0.05, 0) is 76.2 Å². The van der Waals surface area contributed by atoms with Crippen molar-refractivity contribution in [3.8, 4) is 22.3 Å². The smallest absolute Gasteiger partial charge is 0.131 e. The SMILES string of the molecule is CC/C=C\C=C/NC(=N)c1cc2sc3ccccc3c2c2c3cc(-c4ccc5c(c4)C(C)(C)c4ccccc4-5)ccc3n(C)c12. The predicted octanol–water partition coefficient (Wildman–Crippen LogP) is 11.1. The minimum atomic E-state index is -0.0454. The van der Waals surface area contributed by atoms with E-state index in [9.17, 15) is 0 Å². The molecule has 0 saturated heterocycles. The van der Waals surface area contributed by atoms with E-state index in [0.29, 0.717) is 5.84 Å². The highest BCUT2D eigenvalue weighted by atomic mass is 32.1. The molecule has 0 fully saturated rings. The molecule has 8 rings (SSSR count). The molecule has 0 bridgehead atoms. The Morgan fingerprint density at radius 3 is 2.42 bits per heavy atom. The molecule has 4 heteroatoms. The molecule has 45 heavy (non-hydrogen) atoms. The van der Waals surface area contributed by atoms with Crippen LogP contribution in [-0.2, 0) is 12.5 Å². The van der Waals surface area contributed by atoms with E-state index in [4.69, 9.17) is 5.41 Å². The van der Waals surface area contributed by atoms with Crippen LogP contribution < -0.4 is 5.32 Å². The first-order chi connectivity index (χ1) is 21.9. The Hall–Kier alpha value is -4.93. The Kier molecular flexibility index (Phi) is 6.33. The number of amidine groups is 1. The molecule has 1 aliphatic carbocycles. The lowest BCUT2D eigenvalue weighted by atomic mass is 9.81. The van der Waals surface area contributed by atoms with Gasteiger partial charge in [0.1, 0.15) is 5.84 Å². The molecule has 0 amide bonds. The van der Waals surface area contributed by atoms with Crippen LogP contribution in [0.2, 0.25) is 0 Å². The van der Waals surface area contributed by atoms with Crippen LogP contribution in [0.3, 0.4) is 0 Å². The fraction of sp³-hybridized carbons (Fsp3) is 0.146. The van der Waals surface area contributed by atoms with Crippen LogP contribution in [0.5, 0.6) is 0 Å². The fourth-order valence-corrected chi connectivity index (χ4v) is 8.52. The van der Waals surface area contributed by atoms with Crippen molar-refractivity contribution in [1.29, 1.82) is 5.41 Å². The van der Waals surface area contributed by atoms with Gasteiger partial charge in [-0.2, -0.15) is 0 Å². The first-order valence-electron chi connectivity index (χ1n) is 15.7. The van der Waals surface area contributed by atoms with Crippen molar-refractivity contribution in [1.82, 2.24) is 9.88 Å². The molecule has 0 aliphatic heterocycles. The topological polar surface area (TPSA) is 40.8 Å². The van der Waals surface area contributed by atoms with Crippen molar-refractivity contribution in [2.24, 2.45) is 7.05 Å². The minimum absolute atomic E-state index is 0.0454. The van der Waals surface area contributed by atoms with Gasteiger partial charge in [0.25, 0.3) is 0 Å². The van der Waals surface area contributed by atoms with Crippen molar-refractivity contribution >= 4 is 59.2 Å². The molecular formula is C41H35N3S. The lowest BCUT2D eigenvalue weighted by Crippen LogP contribution is -2.18. The third-order valence-corrected chi connectivity index (χ3v) is 10.7. The van der Waals surface area contributed by atoms with Gasteiger partial charge >= 0.3 is 0 Å². The summed E-state index contributed by atoms with van der Waals surface area (Å²) in [5, 5.41) is 17.3. The molecule has 7 aromatic rings.